The molecule has 0 bridgehead atoms. The van der Waals surface area contributed by atoms with Crippen LogP contribution < -0.4 is 5.73 Å². The average Bonchev–Trinajstić information content (AvgIpc) is 2.76. The van der Waals surface area contributed by atoms with E-state index in [-0.39, 0.29) is 5.88 Å². The van der Waals surface area contributed by atoms with Gasteiger partial charge in [-0.05, 0) is 42.5 Å². The molecule has 0 atom stereocenters. The number of nitrogens with zero attached hydrogens (tertiary/aromatic N) is 2. The number of fused-ring (bicyclic) bond motifs is 1. The molecular weight excluding hydrogens is 390 g/mol. The fourth-order valence-electron chi connectivity index (χ4n) is 4.21. The van der Waals surface area contributed by atoms with Crippen molar-refractivity contribution < 1.29 is 14.6 Å². The van der Waals surface area contributed by atoms with Crippen molar-refractivity contribution in [3.63, 3.8) is 0 Å². The molecule has 1 saturated carbocycles. The Kier molecular flexibility index (Phi) is 4.55. The summed E-state index contributed by atoms with van der Waals surface area (Å²) in [5.41, 5.74) is 9.89. The topological polar surface area (TPSA) is 98.3 Å². The number of ether oxygens (including phenoxy) is 1. The van der Waals surface area contributed by atoms with Crippen LogP contribution in [0.2, 0.25) is 0 Å². The quantitative estimate of drug-likeness (QED) is 0.484. The summed E-state index contributed by atoms with van der Waals surface area (Å²) in [5.74, 6) is -0.0420. The molecule has 6 nitrogen and oxygen atoms in total. The molecule has 2 aromatic heterocycles. The maximum atomic E-state index is 11.4. The van der Waals surface area contributed by atoms with Crippen LogP contribution in [0.15, 0.2) is 72.9 Å². The van der Waals surface area contributed by atoms with Crippen molar-refractivity contribution in [2.75, 3.05) is 0 Å². The van der Waals surface area contributed by atoms with E-state index in [2.05, 4.69) is 4.98 Å². The lowest BCUT2D eigenvalue weighted by Crippen LogP contribution is -2.40. The zero-order valence-corrected chi connectivity index (χ0v) is 16.8. The number of nitrogens with two attached hydrogens (primary N) is 1. The highest BCUT2D eigenvalue weighted by Gasteiger charge is 2.42. The molecular formula is C25H21N3O3. The molecule has 6 heteroatoms. The Morgan fingerprint density at radius 2 is 1.74 bits per heavy atom. The van der Waals surface area contributed by atoms with Gasteiger partial charge in [0, 0.05) is 17.3 Å². The number of carbonyl (C=O) groups is 1. The summed E-state index contributed by atoms with van der Waals surface area (Å²) < 4.78 is 5.46. The largest absolute Gasteiger partial charge is 0.493 e. The highest BCUT2D eigenvalue weighted by Crippen LogP contribution is 2.45. The van der Waals surface area contributed by atoms with Crippen LogP contribution in [0.5, 0.6) is 5.88 Å². The summed E-state index contributed by atoms with van der Waals surface area (Å²) in [5, 5.41) is 10.8. The second kappa shape index (κ2) is 7.40. The van der Waals surface area contributed by atoms with Crippen LogP contribution in [0.3, 0.4) is 0 Å². The number of aromatic nitrogens is 2. The Labute approximate surface area is 179 Å². The fourth-order valence-corrected chi connectivity index (χ4v) is 4.21. The number of hydrogen-bond acceptors (Lipinski definition) is 5. The number of amides is 1. The molecule has 1 amide bonds. The third-order valence-corrected chi connectivity index (χ3v) is 5.95. The second-order valence-corrected chi connectivity index (χ2v) is 7.80. The minimum Gasteiger partial charge on any atom is -0.493 e. The molecule has 0 radical (unpaired) electrons. The zero-order valence-electron chi connectivity index (χ0n) is 16.8. The first-order chi connectivity index (χ1) is 15.1. The van der Waals surface area contributed by atoms with Crippen molar-refractivity contribution in [2.45, 2.75) is 24.9 Å². The summed E-state index contributed by atoms with van der Waals surface area (Å²) in [7, 11) is 0. The molecule has 3 N–H and O–H groups in total. The smallest absolute Gasteiger partial charge is 0.405 e. The minimum atomic E-state index is -0.750. The van der Waals surface area contributed by atoms with Crippen molar-refractivity contribution in [1.82, 2.24) is 9.97 Å². The first-order valence-electron chi connectivity index (χ1n) is 10.2. The molecule has 154 valence electrons. The van der Waals surface area contributed by atoms with Gasteiger partial charge in [0.25, 0.3) is 0 Å². The van der Waals surface area contributed by atoms with E-state index in [1.54, 1.807) is 12.3 Å². The number of hydrogen-bond donors (Lipinski definition) is 2. The molecule has 2 aromatic carbocycles. The van der Waals surface area contributed by atoms with Crippen molar-refractivity contribution in [1.29, 1.82) is 0 Å². The predicted octanol–water partition coefficient (Wildman–Crippen LogP) is 5.14. The monoisotopic (exact) mass is 411 g/mol. The van der Waals surface area contributed by atoms with Crippen molar-refractivity contribution in [3.8, 4) is 28.3 Å². The lowest BCUT2D eigenvalue weighted by atomic mass is 9.74. The Balaban J connectivity index is 1.63. The van der Waals surface area contributed by atoms with Gasteiger partial charge in [-0.1, -0.05) is 54.6 Å². The van der Waals surface area contributed by atoms with E-state index >= 15 is 0 Å². The molecule has 31 heavy (non-hydrogen) atoms. The maximum absolute atomic E-state index is 11.4. The molecule has 0 saturated heterocycles. The molecule has 0 aliphatic heterocycles. The van der Waals surface area contributed by atoms with Gasteiger partial charge in [0.15, 0.2) is 0 Å². The molecule has 4 aromatic rings. The third kappa shape index (κ3) is 3.36. The molecule has 1 fully saturated rings. The average molecular weight is 411 g/mol. The molecule has 1 aliphatic carbocycles. The van der Waals surface area contributed by atoms with E-state index in [0.717, 1.165) is 47.2 Å². The predicted molar refractivity (Wildman–Crippen MR) is 118 cm³/mol. The highest BCUT2D eigenvalue weighted by atomic mass is 16.6. The number of pyridine rings is 2. The van der Waals surface area contributed by atoms with Gasteiger partial charge in [0.05, 0.1) is 16.6 Å². The number of rotatable bonds is 4. The van der Waals surface area contributed by atoms with E-state index < -0.39 is 11.7 Å². The standard InChI is InChI=1S/C25H21N3O3/c26-24(30)31-25(12-4-13-25)18-9-7-17(8-10-18)22-19(16-5-2-1-3-6-16)15-20-21(28-22)11-14-27-23(20)29/h1-3,5-11,14-15H,4,12-13H2,(H2,26,30)(H,27,29). The summed E-state index contributed by atoms with van der Waals surface area (Å²) in [6.07, 6.45) is 3.33. The zero-order chi connectivity index (χ0) is 21.4. The Bertz CT molecular complexity index is 1270. The molecule has 0 unspecified atom stereocenters. The lowest BCUT2D eigenvalue weighted by molar-refractivity contribution is -0.0489. The first-order valence-corrected chi connectivity index (χ1v) is 10.2. The molecule has 0 spiro atoms. The van der Waals surface area contributed by atoms with Gasteiger partial charge in [-0.15, -0.1) is 0 Å². The highest BCUT2D eigenvalue weighted by molar-refractivity contribution is 5.93. The van der Waals surface area contributed by atoms with Crippen LogP contribution in [0.4, 0.5) is 4.79 Å². The van der Waals surface area contributed by atoms with Gasteiger partial charge in [-0.2, -0.15) is 0 Å². The summed E-state index contributed by atoms with van der Waals surface area (Å²) in [6, 6.07) is 21.6. The van der Waals surface area contributed by atoms with E-state index in [1.165, 1.54) is 0 Å². The lowest BCUT2D eigenvalue weighted by Gasteiger charge is -2.40. The number of carbonyl (C=O) groups excluding carboxylic acids is 1. The van der Waals surface area contributed by atoms with E-state index in [4.69, 9.17) is 15.5 Å². The van der Waals surface area contributed by atoms with Crippen LogP contribution in [0, 0.1) is 0 Å². The van der Waals surface area contributed by atoms with Crippen LogP contribution in [-0.4, -0.2) is 21.2 Å². The van der Waals surface area contributed by atoms with Gasteiger partial charge in [0.2, 0.25) is 5.88 Å². The van der Waals surface area contributed by atoms with Gasteiger partial charge in [0.1, 0.15) is 5.60 Å². The van der Waals surface area contributed by atoms with Crippen LogP contribution >= 0.6 is 0 Å². The fraction of sp³-hybridized carbons (Fsp3) is 0.160. The van der Waals surface area contributed by atoms with E-state index in [9.17, 15) is 9.90 Å². The molecule has 2 heterocycles. The van der Waals surface area contributed by atoms with Crippen LogP contribution in [0.25, 0.3) is 33.3 Å². The normalized spacial score (nSPS) is 14.7. The SMILES string of the molecule is NC(=O)OC1(c2ccc(-c3nc4ccnc(O)c4cc3-c3ccccc3)cc2)CCC1. The summed E-state index contributed by atoms with van der Waals surface area (Å²) >= 11 is 0. The maximum Gasteiger partial charge on any atom is 0.405 e. The first kappa shape index (κ1) is 19.1. The van der Waals surface area contributed by atoms with Gasteiger partial charge in [-0.25, -0.2) is 14.8 Å². The van der Waals surface area contributed by atoms with Crippen molar-refractivity contribution in [2.24, 2.45) is 5.73 Å². The Morgan fingerprint density at radius 1 is 1.00 bits per heavy atom. The Morgan fingerprint density at radius 3 is 2.39 bits per heavy atom. The van der Waals surface area contributed by atoms with Crippen LogP contribution in [-0.2, 0) is 10.3 Å². The summed E-state index contributed by atoms with van der Waals surface area (Å²) in [6.45, 7) is 0. The number of benzene rings is 2. The van der Waals surface area contributed by atoms with Gasteiger partial charge < -0.3 is 15.6 Å². The van der Waals surface area contributed by atoms with Gasteiger partial charge >= 0.3 is 6.09 Å². The third-order valence-electron chi connectivity index (χ3n) is 5.95. The van der Waals surface area contributed by atoms with E-state index in [1.807, 2.05) is 60.7 Å². The Hall–Kier alpha value is -3.93. The second-order valence-electron chi connectivity index (χ2n) is 7.80. The van der Waals surface area contributed by atoms with Crippen LogP contribution in [0.1, 0.15) is 24.8 Å². The molecule has 5 rings (SSSR count). The van der Waals surface area contributed by atoms with Crippen molar-refractivity contribution in [3.05, 3.63) is 78.5 Å². The van der Waals surface area contributed by atoms with Crippen molar-refractivity contribution >= 4 is 17.0 Å². The number of aromatic hydroxyl groups is 1. The summed E-state index contributed by atoms with van der Waals surface area (Å²) in [4.78, 5) is 20.2. The van der Waals surface area contributed by atoms with E-state index in [0.29, 0.717) is 10.9 Å². The van der Waals surface area contributed by atoms with Gasteiger partial charge in [-0.3, -0.25) is 0 Å². The minimum absolute atomic E-state index is 0.0420. The molecule has 1 aliphatic rings. The number of primary amides is 1.